The smallest absolute Gasteiger partial charge is 0.277 e. The van der Waals surface area contributed by atoms with Gasteiger partial charge in [-0.25, -0.2) is 0 Å². The largest absolute Gasteiger partial charge is 0.411 e. The molecule has 4 rings (SSSR count). The third kappa shape index (κ3) is 3.62. The van der Waals surface area contributed by atoms with Gasteiger partial charge in [-0.3, -0.25) is 4.79 Å². The van der Waals surface area contributed by atoms with E-state index < -0.39 is 0 Å². The Bertz CT molecular complexity index is 928. The standard InChI is InChI=1S/C18H14BrN3O2S/c19-13-6-3-5-12(10-13)17-21-22-18(24-17)25-15-9-8-11-4-1-2-7-14(11)20-16(15)23/h1-7,10,15H,8-9H2,(H,20,23). The predicted octanol–water partition coefficient (Wildman–Crippen LogP) is 4.54. The highest BCUT2D eigenvalue weighted by molar-refractivity contribution is 9.10. The number of thioether (sulfide) groups is 1. The van der Waals surface area contributed by atoms with Gasteiger partial charge in [-0.15, -0.1) is 10.2 Å². The normalized spacial score (nSPS) is 16.8. The molecule has 0 fully saturated rings. The van der Waals surface area contributed by atoms with Crippen molar-refractivity contribution in [3.05, 3.63) is 58.6 Å². The van der Waals surface area contributed by atoms with Crippen LogP contribution in [0.25, 0.3) is 11.5 Å². The number of para-hydroxylation sites is 1. The number of hydrogen-bond acceptors (Lipinski definition) is 5. The van der Waals surface area contributed by atoms with Crippen LogP contribution < -0.4 is 5.32 Å². The molecule has 1 atom stereocenters. The van der Waals surface area contributed by atoms with E-state index in [0.29, 0.717) is 11.1 Å². The van der Waals surface area contributed by atoms with Gasteiger partial charge in [0.15, 0.2) is 0 Å². The molecule has 0 bridgehead atoms. The first kappa shape index (κ1) is 16.4. The second kappa shape index (κ2) is 7.01. The molecule has 0 saturated heterocycles. The molecule has 1 N–H and O–H groups in total. The highest BCUT2D eigenvalue weighted by Crippen LogP contribution is 2.32. The van der Waals surface area contributed by atoms with Crippen LogP contribution in [-0.2, 0) is 11.2 Å². The molecule has 0 saturated carbocycles. The first-order chi connectivity index (χ1) is 12.2. The van der Waals surface area contributed by atoms with Gasteiger partial charge in [-0.2, -0.15) is 0 Å². The van der Waals surface area contributed by atoms with Gasteiger partial charge in [0.1, 0.15) is 0 Å². The Labute approximate surface area is 157 Å². The number of amides is 1. The van der Waals surface area contributed by atoms with Crippen molar-refractivity contribution in [2.75, 3.05) is 5.32 Å². The zero-order valence-corrected chi connectivity index (χ0v) is 15.5. The number of nitrogens with one attached hydrogen (secondary N) is 1. The molecule has 1 aliphatic heterocycles. The van der Waals surface area contributed by atoms with E-state index in [0.717, 1.165) is 34.1 Å². The summed E-state index contributed by atoms with van der Waals surface area (Å²) in [6, 6.07) is 15.5. The maximum atomic E-state index is 12.5. The van der Waals surface area contributed by atoms with Crippen LogP contribution in [0.4, 0.5) is 5.69 Å². The summed E-state index contributed by atoms with van der Waals surface area (Å²) in [4.78, 5) is 12.5. The number of hydrogen-bond donors (Lipinski definition) is 1. The van der Waals surface area contributed by atoms with E-state index in [1.165, 1.54) is 11.8 Å². The summed E-state index contributed by atoms with van der Waals surface area (Å²) in [5, 5.41) is 11.3. The number of anilines is 1. The molecule has 2 aromatic carbocycles. The van der Waals surface area contributed by atoms with Crippen molar-refractivity contribution < 1.29 is 9.21 Å². The Morgan fingerprint density at radius 2 is 2.04 bits per heavy atom. The van der Waals surface area contributed by atoms with Gasteiger partial charge in [-0.1, -0.05) is 52.0 Å². The number of aryl methyl sites for hydroxylation is 1. The van der Waals surface area contributed by atoms with Crippen LogP contribution in [0.3, 0.4) is 0 Å². The van der Waals surface area contributed by atoms with Crippen molar-refractivity contribution >= 4 is 39.3 Å². The van der Waals surface area contributed by atoms with Crippen LogP contribution in [0.5, 0.6) is 0 Å². The zero-order valence-electron chi connectivity index (χ0n) is 13.1. The van der Waals surface area contributed by atoms with Crippen molar-refractivity contribution in [2.45, 2.75) is 23.3 Å². The van der Waals surface area contributed by atoms with Crippen LogP contribution in [0, 0.1) is 0 Å². The topological polar surface area (TPSA) is 68.0 Å². The number of carbonyl (C=O) groups is 1. The number of rotatable bonds is 3. The fraction of sp³-hybridized carbons (Fsp3) is 0.167. The summed E-state index contributed by atoms with van der Waals surface area (Å²) in [6.07, 6.45) is 1.56. The third-order valence-corrected chi connectivity index (χ3v) is 5.56. The summed E-state index contributed by atoms with van der Waals surface area (Å²) in [5.74, 6) is 0.415. The van der Waals surface area contributed by atoms with Gasteiger partial charge in [0.25, 0.3) is 5.22 Å². The molecule has 5 nitrogen and oxygen atoms in total. The molecule has 25 heavy (non-hydrogen) atoms. The summed E-state index contributed by atoms with van der Waals surface area (Å²) in [5.41, 5.74) is 2.88. The number of aromatic nitrogens is 2. The summed E-state index contributed by atoms with van der Waals surface area (Å²) in [6.45, 7) is 0. The molecule has 7 heteroatoms. The summed E-state index contributed by atoms with van der Waals surface area (Å²) >= 11 is 4.74. The molecular weight excluding hydrogens is 402 g/mol. The molecule has 0 aliphatic carbocycles. The number of halogens is 1. The first-order valence-corrected chi connectivity index (χ1v) is 9.51. The second-order valence-corrected chi connectivity index (χ2v) is 7.74. The second-order valence-electron chi connectivity index (χ2n) is 5.68. The Morgan fingerprint density at radius 1 is 1.16 bits per heavy atom. The van der Waals surface area contributed by atoms with Crippen molar-refractivity contribution in [1.82, 2.24) is 10.2 Å². The molecule has 0 spiro atoms. The van der Waals surface area contributed by atoms with Gasteiger partial charge in [0, 0.05) is 15.7 Å². The number of fused-ring (bicyclic) bond motifs is 1. The van der Waals surface area contributed by atoms with E-state index >= 15 is 0 Å². The lowest BCUT2D eigenvalue weighted by Crippen LogP contribution is -2.23. The van der Waals surface area contributed by atoms with Crippen LogP contribution in [-0.4, -0.2) is 21.4 Å². The number of nitrogens with zero attached hydrogens (tertiary/aromatic N) is 2. The van der Waals surface area contributed by atoms with E-state index in [2.05, 4.69) is 31.4 Å². The number of carbonyl (C=O) groups excluding carboxylic acids is 1. The van der Waals surface area contributed by atoms with Crippen molar-refractivity contribution in [3.8, 4) is 11.5 Å². The van der Waals surface area contributed by atoms with E-state index in [1.54, 1.807) is 0 Å². The maximum Gasteiger partial charge on any atom is 0.277 e. The van der Waals surface area contributed by atoms with Crippen LogP contribution >= 0.6 is 27.7 Å². The zero-order chi connectivity index (χ0) is 17.2. The Balaban J connectivity index is 1.50. The van der Waals surface area contributed by atoms with Crippen LogP contribution in [0.1, 0.15) is 12.0 Å². The molecule has 3 aromatic rings. The minimum Gasteiger partial charge on any atom is -0.411 e. The average Bonchev–Trinajstić information content (AvgIpc) is 3.02. The Hall–Kier alpha value is -2.12. The maximum absolute atomic E-state index is 12.5. The highest BCUT2D eigenvalue weighted by Gasteiger charge is 2.26. The van der Waals surface area contributed by atoms with Crippen LogP contribution in [0.2, 0.25) is 0 Å². The molecule has 1 aliphatic rings. The summed E-state index contributed by atoms with van der Waals surface area (Å²) < 4.78 is 6.68. The Kier molecular flexibility index (Phi) is 4.59. The number of benzene rings is 2. The minimum atomic E-state index is -0.261. The average molecular weight is 416 g/mol. The molecule has 126 valence electrons. The van der Waals surface area contributed by atoms with Crippen molar-refractivity contribution in [2.24, 2.45) is 0 Å². The molecule has 1 unspecified atom stereocenters. The third-order valence-electron chi connectivity index (χ3n) is 3.96. The molecule has 0 radical (unpaired) electrons. The quantitative estimate of drug-likeness (QED) is 0.679. The van der Waals surface area contributed by atoms with Gasteiger partial charge >= 0.3 is 0 Å². The highest BCUT2D eigenvalue weighted by atomic mass is 79.9. The lowest BCUT2D eigenvalue weighted by atomic mass is 10.1. The predicted molar refractivity (Wildman–Crippen MR) is 100 cm³/mol. The molecule has 1 amide bonds. The lowest BCUT2D eigenvalue weighted by molar-refractivity contribution is -0.115. The monoisotopic (exact) mass is 415 g/mol. The van der Waals surface area contributed by atoms with Crippen molar-refractivity contribution in [3.63, 3.8) is 0 Å². The van der Waals surface area contributed by atoms with E-state index in [-0.39, 0.29) is 11.2 Å². The van der Waals surface area contributed by atoms with Gasteiger partial charge in [0.2, 0.25) is 11.8 Å². The van der Waals surface area contributed by atoms with Crippen molar-refractivity contribution in [1.29, 1.82) is 0 Å². The van der Waals surface area contributed by atoms with E-state index in [4.69, 9.17) is 4.42 Å². The molecule has 1 aromatic heterocycles. The minimum absolute atomic E-state index is 0.0304. The lowest BCUT2D eigenvalue weighted by Gasteiger charge is -2.09. The van der Waals surface area contributed by atoms with Gasteiger partial charge < -0.3 is 9.73 Å². The fourth-order valence-corrected chi connectivity index (χ4v) is 3.98. The van der Waals surface area contributed by atoms with Crippen LogP contribution in [0.15, 0.2) is 62.6 Å². The van der Waals surface area contributed by atoms with Gasteiger partial charge in [-0.05, 0) is 42.7 Å². The fourth-order valence-electron chi connectivity index (χ4n) is 2.72. The summed E-state index contributed by atoms with van der Waals surface area (Å²) in [7, 11) is 0. The SMILES string of the molecule is O=C1Nc2ccccc2CCC1Sc1nnc(-c2cccc(Br)c2)o1. The molecular formula is C18H14BrN3O2S. The molecule has 2 heterocycles. The van der Waals surface area contributed by atoms with E-state index in [9.17, 15) is 4.79 Å². The van der Waals surface area contributed by atoms with Gasteiger partial charge in [0.05, 0.1) is 5.25 Å². The first-order valence-electron chi connectivity index (χ1n) is 7.84. The Morgan fingerprint density at radius 3 is 2.92 bits per heavy atom. The van der Waals surface area contributed by atoms with E-state index in [1.807, 2.05) is 48.5 Å².